The van der Waals surface area contributed by atoms with Gasteiger partial charge in [-0.05, 0) is 48.7 Å². The first-order chi connectivity index (χ1) is 10.8. The fraction of sp³-hybridized carbons (Fsp3) is 0.333. The van der Waals surface area contributed by atoms with Crippen LogP contribution in [0, 0.1) is 0 Å². The van der Waals surface area contributed by atoms with E-state index in [9.17, 15) is 0 Å². The zero-order valence-corrected chi connectivity index (χ0v) is 13.2. The van der Waals surface area contributed by atoms with E-state index >= 15 is 0 Å². The standard InChI is InChI=1S/C18H20ClNO2/c19-18-6-2-1-4-14(18)12-20-15-7-9-16(10-8-15)22-13-17-5-3-11-21-17/h1-2,4,6-10,17,20H,3,5,11-13H2. The predicted molar refractivity (Wildman–Crippen MR) is 89.7 cm³/mol. The lowest BCUT2D eigenvalue weighted by Crippen LogP contribution is -2.16. The molecule has 1 aliphatic heterocycles. The van der Waals surface area contributed by atoms with Crippen molar-refractivity contribution in [2.45, 2.75) is 25.5 Å². The smallest absolute Gasteiger partial charge is 0.119 e. The topological polar surface area (TPSA) is 30.5 Å². The van der Waals surface area contributed by atoms with Crippen LogP contribution in [-0.2, 0) is 11.3 Å². The van der Waals surface area contributed by atoms with Gasteiger partial charge in [0.25, 0.3) is 0 Å². The minimum atomic E-state index is 0.248. The largest absolute Gasteiger partial charge is 0.491 e. The van der Waals surface area contributed by atoms with Gasteiger partial charge in [-0.2, -0.15) is 0 Å². The number of hydrogen-bond acceptors (Lipinski definition) is 3. The summed E-state index contributed by atoms with van der Waals surface area (Å²) in [5.74, 6) is 0.874. The second kappa shape index (κ2) is 7.52. The molecule has 1 saturated heterocycles. The Bertz CT molecular complexity index is 594. The summed E-state index contributed by atoms with van der Waals surface area (Å²) in [5, 5.41) is 4.15. The Morgan fingerprint density at radius 3 is 2.68 bits per heavy atom. The minimum Gasteiger partial charge on any atom is -0.491 e. The Kier molecular flexibility index (Phi) is 5.20. The van der Waals surface area contributed by atoms with Crippen molar-refractivity contribution in [3.05, 3.63) is 59.1 Å². The van der Waals surface area contributed by atoms with Gasteiger partial charge in [0.2, 0.25) is 0 Å². The molecule has 1 aliphatic rings. The highest BCUT2D eigenvalue weighted by Gasteiger charge is 2.15. The molecule has 0 radical (unpaired) electrons. The van der Waals surface area contributed by atoms with Gasteiger partial charge in [-0.15, -0.1) is 0 Å². The zero-order valence-electron chi connectivity index (χ0n) is 12.4. The van der Waals surface area contributed by atoms with Crippen LogP contribution in [0.1, 0.15) is 18.4 Å². The van der Waals surface area contributed by atoms with Crippen LogP contribution >= 0.6 is 11.6 Å². The van der Waals surface area contributed by atoms with Gasteiger partial charge >= 0.3 is 0 Å². The van der Waals surface area contributed by atoms with E-state index in [1.165, 1.54) is 0 Å². The van der Waals surface area contributed by atoms with E-state index in [0.717, 1.165) is 41.5 Å². The van der Waals surface area contributed by atoms with Gasteiger partial charge in [0, 0.05) is 23.9 Å². The molecule has 22 heavy (non-hydrogen) atoms. The molecule has 0 spiro atoms. The molecule has 116 valence electrons. The lowest BCUT2D eigenvalue weighted by molar-refractivity contribution is 0.0679. The van der Waals surface area contributed by atoms with Crippen LogP contribution in [0.3, 0.4) is 0 Å². The molecule has 0 saturated carbocycles. The van der Waals surface area contributed by atoms with Crippen molar-refractivity contribution in [3.8, 4) is 5.75 Å². The average molecular weight is 318 g/mol. The molecule has 0 amide bonds. The van der Waals surface area contributed by atoms with Gasteiger partial charge in [-0.25, -0.2) is 0 Å². The number of halogens is 1. The highest BCUT2D eigenvalue weighted by atomic mass is 35.5. The third-order valence-corrected chi connectivity index (χ3v) is 4.12. The predicted octanol–water partition coefficient (Wildman–Crippen LogP) is 4.51. The van der Waals surface area contributed by atoms with Crippen molar-refractivity contribution in [1.82, 2.24) is 0 Å². The fourth-order valence-corrected chi connectivity index (χ4v) is 2.68. The number of anilines is 1. The lowest BCUT2D eigenvalue weighted by Gasteiger charge is -2.12. The summed E-state index contributed by atoms with van der Waals surface area (Å²) in [7, 11) is 0. The Labute approximate surface area is 136 Å². The Balaban J connectivity index is 1.49. The molecular formula is C18H20ClNO2. The summed E-state index contributed by atoms with van der Waals surface area (Å²) >= 11 is 6.15. The molecule has 1 unspecified atom stereocenters. The molecule has 0 aliphatic carbocycles. The van der Waals surface area contributed by atoms with Gasteiger partial charge in [0.15, 0.2) is 0 Å². The van der Waals surface area contributed by atoms with Crippen molar-refractivity contribution in [2.75, 3.05) is 18.5 Å². The Hall–Kier alpha value is -1.71. The summed E-state index contributed by atoms with van der Waals surface area (Å²) < 4.78 is 11.3. The zero-order chi connectivity index (χ0) is 15.2. The van der Waals surface area contributed by atoms with Gasteiger partial charge in [0.05, 0.1) is 6.10 Å². The third kappa shape index (κ3) is 4.15. The van der Waals surface area contributed by atoms with E-state index in [1.807, 2.05) is 48.5 Å². The first-order valence-corrected chi connectivity index (χ1v) is 8.01. The molecule has 1 heterocycles. The molecule has 2 aromatic carbocycles. The number of ether oxygens (including phenoxy) is 2. The molecule has 3 rings (SSSR count). The normalized spacial score (nSPS) is 17.4. The van der Waals surface area contributed by atoms with Crippen LogP contribution in [0.5, 0.6) is 5.75 Å². The SMILES string of the molecule is Clc1ccccc1CNc1ccc(OCC2CCCO2)cc1. The van der Waals surface area contributed by atoms with E-state index in [1.54, 1.807) is 0 Å². The van der Waals surface area contributed by atoms with Crippen LogP contribution in [0.25, 0.3) is 0 Å². The number of hydrogen-bond donors (Lipinski definition) is 1. The first-order valence-electron chi connectivity index (χ1n) is 7.63. The second-order valence-electron chi connectivity index (χ2n) is 5.42. The maximum atomic E-state index is 6.15. The maximum absolute atomic E-state index is 6.15. The summed E-state index contributed by atoms with van der Waals surface area (Å²) in [5.41, 5.74) is 2.13. The van der Waals surface area contributed by atoms with Crippen LogP contribution in [0.2, 0.25) is 5.02 Å². The summed E-state index contributed by atoms with van der Waals surface area (Å²) in [4.78, 5) is 0. The number of rotatable bonds is 6. The highest BCUT2D eigenvalue weighted by Crippen LogP contribution is 2.20. The number of nitrogens with one attached hydrogen (secondary N) is 1. The van der Waals surface area contributed by atoms with Crippen molar-refractivity contribution in [2.24, 2.45) is 0 Å². The quantitative estimate of drug-likeness (QED) is 0.850. The van der Waals surface area contributed by atoms with E-state index in [0.29, 0.717) is 13.2 Å². The van der Waals surface area contributed by atoms with E-state index in [-0.39, 0.29) is 6.10 Å². The highest BCUT2D eigenvalue weighted by molar-refractivity contribution is 6.31. The fourth-order valence-electron chi connectivity index (χ4n) is 2.47. The van der Waals surface area contributed by atoms with Crippen LogP contribution in [-0.4, -0.2) is 19.3 Å². The third-order valence-electron chi connectivity index (χ3n) is 3.76. The van der Waals surface area contributed by atoms with Crippen LogP contribution in [0.4, 0.5) is 5.69 Å². The second-order valence-corrected chi connectivity index (χ2v) is 5.82. The van der Waals surface area contributed by atoms with Crippen molar-refractivity contribution in [3.63, 3.8) is 0 Å². The molecule has 1 atom stereocenters. The van der Waals surface area contributed by atoms with Crippen molar-refractivity contribution in [1.29, 1.82) is 0 Å². The minimum absolute atomic E-state index is 0.248. The Morgan fingerprint density at radius 1 is 1.14 bits per heavy atom. The molecule has 0 aromatic heterocycles. The van der Waals surface area contributed by atoms with Gasteiger partial charge in [-0.1, -0.05) is 29.8 Å². The van der Waals surface area contributed by atoms with E-state index in [4.69, 9.17) is 21.1 Å². The molecule has 3 nitrogen and oxygen atoms in total. The molecule has 1 N–H and O–H groups in total. The summed E-state index contributed by atoms with van der Waals surface area (Å²) in [6.45, 7) is 2.20. The molecule has 4 heteroatoms. The Morgan fingerprint density at radius 2 is 1.95 bits per heavy atom. The van der Waals surface area contributed by atoms with E-state index in [2.05, 4.69) is 5.32 Å². The average Bonchev–Trinajstić information content (AvgIpc) is 3.07. The molecule has 1 fully saturated rings. The van der Waals surface area contributed by atoms with Crippen LogP contribution in [0.15, 0.2) is 48.5 Å². The molecule has 2 aromatic rings. The van der Waals surface area contributed by atoms with Crippen molar-refractivity contribution < 1.29 is 9.47 Å². The maximum Gasteiger partial charge on any atom is 0.119 e. The summed E-state index contributed by atoms with van der Waals surface area (Å²) in [6.07, 6.45) is 2.48. The first kappa shape index (κ1) is 15.2. The van der Waals surface area contributed by atoms with Crippen LogP contribution < -0.4 is 10.1 Å². The van der Waals surface area contributed by atoms with Gasteiger partial charge in [-0.3, -0.25) is 0 Å². The monoisotopic (exact) mass is 317 g/mol. The van der Waals surface area contributed by atoms with Crippen molar-refractivity contribution >= 4 is 17.3 Å². The number of benzene rings is 2. The van der Waals surface area contributed by atoms with Gasteiger partial charge in [0.1, 0.15) is 12.4 Å². The summed E-state index contributed by atoms with van der Waals surface area (Å²) in [6, 6.07) is 15.8. The van der Waals surface area contributed by atoms with Gasteiger partial charge < -0.3 is 14.8 Å². The molecule has 0 bridgehead atoms. The lowest BCUT2D eigenvalue weighted by atomic mass is 10.2. The van der Waals surface area contributed by atoms with E-state index < -0.39 is 0 Å². The molecular weight excluding hydrogens is 298 g/mol.